The average molecular weight is 146 g/mol. The zero-order valence-corrected chi connectivity index (χ0v) is 4.93. The molecule has 0 rings (SSSR count). The van der Waals surface area contributed by atoms with Crippen LogP contribution in [0.25, 0.3) is 0 Å². The summed E-state index contributed by atoms with van der Waals surface area (Å²) in [7, 11) is -0.624. The van der Waals surface area contributed by atoms with Gasteiger partial charge in [-0.25, -0.2) is 0 Å². The molecule has 0 radical (unpaired) electrons. The molecule has 0 aliphatic rings. The molecule has 0 fully saturated rings. The zero-order chi connectivity index (χ0) is 5.15. The third-order valence-electron chi connectivity index (χ3n) is 0.117. The molecule has 0 aliphatic heterocycles. The second kappa shape index (κ2) is 2.64. The van der Waals surface area contributed by atoms with Crippen LogP contribution in [-0.2, 0) is 14.2 Å². The first-order valence-corrected chi connectivity index (χ1v) is 4.63. The second-order valence-corrected chi connectivity index (χ2v) is 4.67. The molecule has 0 N–H and O–H groups in total. The van der Waals surface area contributed by atoms with Gasteiger partial charge in [-0.05, 0) is 0 Å². The van der Waals surface area contributed by atoms with E-state index in [0.29, 0.717) is 0 Å². The fourth-order valence-corrected chi connectivity index (χ4v) is 0. The van der Waals surface area contributed by atoms with Crippen LogP contribution in [0.5, 0.6) is 0 Å². The predicted molar refractivity (Wildman–Crippen MR) is 21.6 cm³/mol. The molecule has 0 saturated heterocycles. The first-order valence-electron chi connectivity index (χ1n) is 0.869. The summed E-state index contributed by atoms with van der Waals surface area (Å²) >= 11 is 0. The van der Waals surface area contributed by atoms with Gasteiger partial charge < -0.3 is 4.89 Å². The smallest absolute Gasteiger partial charge is 0.431 e. The average Bonchev–Trinajstić information content (AvgIpc) is 1.36. The normalized spacial score (nSPS) is 16.7. The van der Waals surface area contributed by atoms with Gasteiger partial charge in [-0.15, -0.1) is 0 Å². The molecule has 0 heterocycles. The molecule has 6 heavy (non-hydrogen) atoms. The molecule has 36 valence electrons. The Kier molecular flexibility index (Phi) is 2.86. The molecule has 0 amide bonds. The molecule has 0 aliphatic carbocycles. The van der Waals surface area contributed by atoms with Crippen molar-refractivity contribution in [3.8, 4) is 0 Å². The molecule has 0 spiro atoms. The van der Waals surface area contributed by atoms with Crippen LogP contribution in [0.3, 0.4) is 0 Å². The topological polar surface area (TPSA) is 57.2 Å². The van der Waals surface area contributed by atoms with E-state index in [1.807, 2.05) is 0 Å². The van der Waals surface area contributed by atoms with E-state index < -0.39 is 16.9 Å². The molecule has 0 aromatic rings. The summed E-state index contributed by atoms with van der Waals surface area (Å²) in [6.45, 7) is 0. The Balaban J connectivity index is 3.57. The molecule has 6 heteroatoms. The molecule has 2 unspecified atom stereocenters. The van der Waals surface area contributed by atoms with Gasteiger partial charge in [-0.2, -0.15) is 4.21 Å². The summed E-state index contributed by atoms with van der Waals surface area (Å²) in [4.78, 5) is 9.30. The fourth-order valence-electron chi connectivity index (χ4n) is 0. The minimum absolute atomic E-state index is 2.19. The van der Waals surface area contributed by atoms with Crippen LogP contribution >= 0.6 is 17.9 Å². The number of halogens is 1. The van der Waals surface area contributed by atoms with Gasteiger partial charge in [0.15, 0.2) is 0 Å². The third kappa shape index (κ3) is 2.72. The van der Waals surface area contributed by atoms with Gasteiger partial charge >= 0.3 is 16.9 Å². The third-order valence-corrected chi connectivity index (χ3v) is 2.07. The van der Waals surface area contributed by atoms with Gasteiger partial charge in [-0.3, -0.25) is 0 Å². The van der Waals surface area contributed by atoms with Crippen molar-refractivity contribution in [2.45, 2.75) is 0 Å². The predicted octanol–water partition coefficient (Wildman–Crippen LogP) is -0.0934. The molecule has 0 saturated carbocycles. The highest BCUT2D eigenvalue weighted by Gasteiger charge is 2.06. The van der Waals surface area contributed by atoms with Crippen molar-refractivity contribution in [1.82, 2.24) is 0 Å². The summed E-state index contributed by atoms with van der Waals surface area (Å²) < 4.78 is 18.7. The van der Waals surface area contributed by atoms with Crippen LogP contribution in [0.1, 0.15) is 0 Å². The monoisotopic (exact) mass is 146 g/mol. The minimum Gasteiger partial charge on any atom is -0.582 e. The Morgan fingerprint density at radius 1 is 1.83 bits per heavy atom. The van der Waals surface area contributed by atoms with Gasteiger partial charge in [0.25, 0.3) is 0 Å². The quantitative estimate of drug-likeness (QED) is 0.384. The summed E-state index contributed by atoms with van der Waals surface area (Å²) in [6, 6.07) is 0. The molecule has 0 bridgehead atoms. The molecular formula is ClO3PS. The Morgan fingerprint density at radius 2 is 2.00 bits per heavy atom. The van der Waals surface area contributed by atoms with E-state index in [1.165, 1.54) is 0 Å². The molecule has 0 aromatic carbocycles. The van der Waals surface area contributed by atoms with Crippen LogP contribution in [0.4, 0.5) is 0 Å². The summed E-state index contributed by atoms with van der Waals surface area (Å²) in [6.07, 6.45) is 0. The van der Waals surface area contributed by atoms with E-state index in [-0.39, 0.29) is 0 Å². The van der Waals surface area contributed by atoms with Crippen molar-refractivity contribution in [2.75, 3.05) is 0 Å². The highest BCUT2D eigenvalue weighted by Crippen LogP contribution is 2.16. The number of hydrogen-bond acceptors (Lipinski definition) is 3. The van der Waals surface area contributed by atoms with Gasteiger partial charge in [-0.1, -0.05) is 4.57 Å². The maximum absolute atomic E-state index is 9.42. The van der Waals surface area contributed by atoms with Crippen molar-refractivity contribution < 1.29 is 13.7 Å². The van der Waals surface area contributed by atoms with Crippen molar-refractivity contribution in [3.05, 3.63) is 0 Å². The maximum atomic E-state index is 9.42. The second-order valence-electron chi connectivity index (χ2n) is 0.430. The lowest BCUT2D eigenvalue weighted by Crippen LogP contribution is -1.84. The fraction of sp³-hybridized carbons (Fsp3) is 0. The Labute approximate surface area is 41.9 Å². The lowest BCUT2D eigenvalue weighted by atomic mass is 15.9. The van der Waals surface area contributed by atoms with Crippen molar-refractivity contribution in [3.63, 3.8) is 0 Å². The SMILES string of the molecule is O=[P+]([O-])S(=O)Cl. The minimum atomic E-state index is -2.92. The van der Waals surface area contributed by atoms with Gasteiger partial charge in [0.2, 0.25) is 0 Å². The summed E-state index contributed by atoms with van der Waals surface area (Å²) in [5.41, 5.74) is 0. The number of hydrogen-bond donors (Lipinski definition) is 0. The lowest BCUT2D eigenvalue weighted by Gasteiger charge is -1.68. The van der Waals surface area contributed by atoms with Crippen molar-refractivity contribution >= 4 is 27.5 Å². The molecule has 2 atom stereocenters. The summed E-state index contributed by atoms with van der Waals surface area (Å²) in [5.74, 6) is 0. The van der Waals surface area contributed by atoms with Crippen LogP contribution in [0.2, 0.25) is 0 Å². The first-order chi connectivity index (χ1) is 2.64. The molecule has 3 nitrogen and oxygen atoms in total. The van der Waals surface area contributed by atoms with Crippen LogP contribution in [0.15, 0.2) is 0 Å². The van der Waals surface area contributed by atoms with Gasteiger partial charge in [0.1, 0.15) is 0 Å². The van der Waals surface area contributed by atoms with E-state index >= 15 is 0 Å². The zero-order valence-electron chi connectivity index (χ0n) is 2.46. The van der Waals surface area contributed by atoms with Crippen molar-refractivity contribution in [2.24, 2.45) is 0 Å². The van der Waals surface area contributed by atoms with E-state index in [0.717, 1.165) is 0 Å². The largest absolute Gasteiger partial charge is 0.582 e. The van der Waals surface area contributed by atoms with Crippen LogP contribution < -0.4 is 4.89 Å². The number of rotatable bonds is 1. The van der Waals surface area contributed by atoms with E-state index in [1.54, 1.807) is 0 Å². The van der Waals surface area contributed by atoms with Gasteiger partial charge in [0, 0.05) is 10.7 Å². The highest BCUT2D eigenvalue weighted by molar-refractivity contribution is 8.51. The van der Waals surface area contributed by atoms with Gasteiger partial charge in [0.05, 0.1) is 0 Å². The lowest BCUT2D eigenvalue weighted by molar-refractivity contribution is -0.157. The Bertz CT molecular complexity index is 76.8. The van der Waals surface area contributed by atoms with Crippen LogP contribution in [-0.4, -0.2) is 4.21 Å². The van der Waals surface area contributed by atoms with E-state index in [4.69, 9.17) is 0 Å². The highest BCUT2D eigenvalue weighted by atomic mass is 35.7. The molecule has 0 aromatic heterocycles. The Morgan fingerprint density at radius 3 is 2.00 bits per heavy atom. The maximum Gasteiger partial charge on any atom is 0.431 e. The van der Waals surface area contributed by atoms with E-state index in [2.05, 4.69) is 10.7 Å². The summed E-state index contributed by atoms with van der Waals surface area (Å²) in [5, 5.41) is 0. The Hall–Kier alpha value is 0.500. The van der Waals surface area contributed by atoms with Crippen LogP contribution in [0, 0.1) is 0 Å². The standard InChI is InChI=1S/ClO3PS/c1-6(4)5(2)3. The molecular weight excluding hydrogens is 146 g/mol. The van der Waals surface area contributed by atoms with Crippen molar-refractivity contribution in [1.29, 1.82) is 0 Å². The first kappa shape index (κ1) is 6.50. The van der Waals surface area contributed by atoms with E-state index in [9.17, 15) is 13.7 Å².